The van der Waals surface area contributed by atoms with Crippen molar-refractivity contribution in [2.75, 3.05) is 18.6 Å². The van der Waals surface area contributed by atoms with Crippen LogP contribution in [0.5, 0.6) is 0 Å². The van der Waals surface area contributed by atoms with Crippen LogP contribution in [0.4, 0.5) is 0 Å². The van der Waals surface area contributed by atoms with Gasteiger partial charge in [0.2, 0.25) is 5.91 Å². The van der Waals surface area contributed by atoms with E-state index in [1.54, 1.807) is 36.7 Å². The molecule has 170 valence electrons. The van der Waals surface area contributed by atoms with Crippen molar-refractivity contribution in [1.82, 2.24) is 14.5 Å². The van der Waals surface area contributed by atoms with Gasteiger partial charge < -0.3 is 4.90 Å². The van der Waals surface area contributed by atoms with Gasteiger partial charge in [-0.3, -0.25) is 14.2 Å². The summed E-state index contributed by atoms with van der Waals surface area (Å²) in [5.74, 6) is 0.333. The van der Waals surface area contributed by atoms with Gasteiger partial charge in [-0.05, 0) is 43.9 Å². The summed E-state index contributed by atoms with van der Waals surface area (Å²) in [4.78, 5) is 32.3. The number of hydrogen-bond acceptors (Lipinski definition) is 6. The molecule has 0 bridgehead atoms. The lowest BCUT2D eigenvalue weighted by atomic mass is 10.1. The molecular formula is C21H28ClN3O4S2. The van der Waals surface area contributed by atoms with Gasteiger partial charge in [0, 0.05) is 24.7 Å². The lowest BCUT2D eigenvalue weighted by molar-refractivity contribution is -0.130. The van der Waals surface area contributed by atoms with Crippen LogP contribution in [-0.2, 0) is 21.2 Å². The Hall–Kier alpha value is -1.58. The molecule has 0 spiro atoms. The number of carbonyl (C=O) groups is 1. The van der Waals surface area contributed by atoms with Crippen molar-refractivity contribution in [3.05, 3.63) is 33.6 Å². The van der Waals surface area contributed by atoms with Gasteiger partial charge in [0.15, 0.2) is 15.0 Å². The maximum atomic E-state index is 13.1. The molecule has 3 rings (SSSR count). The van der Waals surface area contributed by atoms with Gasteiger partial charge in [0.25, 0.3) is 5.56 Å². The fraction of sp³-hybridized carbons (Fsp3) is 0.571. The number of hydrogen-bond donors (Lipinski definition) is 0. The van der Waals surface area contributed by atoms with Crippen LogP contribution in [0.3, 0.4) is 0 Å². The highest BCUT2D eigenvalue weighted by molar-refractivity contribution is 8.00. The number of nitrogens with zero attached hydrogens (tertiary/aromatic N) is 3. The SMILES string of the molecule is CC(C)CCn1c(SC(C)C(=O)N(C)C2CCS(=O)(=O)C2)nc2cc(Cl)ccc2c1=O. The zero-order chi connectivity index (χ0) is 22.9. The molecule has 2 heterocycles. The van der Waals surface area contributed by atoms with E-state index in [9.17, 15) is 18.0 Å². The zero-order valence-corrected chi connectivity index (χ0v) is 20.6. The second-order valence-corrected chi connectivity index (χ2v) is 12.4. The topological polar surface area (TPSA) is 89.3 Å². The van der Waals surface area contributed by atoms with E-state index < -0.39 is 15.1 Å². The number of fused-ring (bicyclic) bond motifs is 1. The molecule has 1 saturated heterocycles. The Morgan fingerprint density at radius 3 is 2.68 bits per heavy atom. The molecule has 0 N–H and O–H groups in total. The number of aromatic nitrogens is 2. The summed E-state index contributed by atoms with van der Waals surface area (Å²) < 4.78 is 25.2. The molecule has 1 fully saturated rings. The Morgan fingerprint density at radius 1 is 1.35 bits per heavy atom. The lowest BCUT2D eigenvalue weighted by Crippen LogP contribution is -2.42. The van der Waals surface area contributed by atoms with E-state index in [0.717, 1.165) is 6.42 Å². The summed E-state index contributed by atoms with van der Waals surface area (Å²) in [5.41, 5.74) is 0.343. The summed E-state index contributed by atoms with van der Waals surface area (Å²) in [5, 5.41) is 0.919. The van der Waals surface area contributed by atoms with E-state index in [1.807, 2.05) is 0 Å². The maximum Gasteiger partial charge on any atom is 0.262 e. The van der Waals surface area contributed by atoms with Crippen LogP contribution in [0.15, 0.2) is 28.2 Å². The van der Waals surface area contributed by atoms with Gasteiger partial charge in [-0.1, -0.05) is 37.2 Å². The average Bonchev–Trinajstić information content (AvgIpc) is 3.05. The number of amides is 1. The Balaban J connectivity index is 1.90. The first-order valence-corrected chi connectivity index (χ1v) is 13.4. The standard InChI is InChI=1S/C21H28ClN3O4S2/c1-13(2)7-9-25-20(27)17-6-5-15(22)11-18(17)23-21(25)30-14(3)19(26)24(4)16-8-10-31(28,29)12-16/h5-6,11,13-14,16H,7-10,12H2,1-4H3. The monoisotopic (exact) mass is 485 g/mol. The van der Waals surface area contributed by atoms with Crippen LogP contribution in [0.1, 0.15) is 33.6 Å². The van der Waals surface area contributed by atoms with E-state index in [-0.39, 0.29) is 29.0 Å². The van der Waals surface area contributed by atoms with Crippen molar-refractivity contribution >= 4 is 50.0 Å². The highest BCUT2D eigenvalue weighted by Crippen LogP contribution is 2.27. The highest BCUT2D eigenvalue weighted by Gasteiger charge is 2.34. The number of halogens is 1. The zero-order valence-electron chi connectivity index (χ0n) is 18.2. The molecule has 0 radical (unpaired) electrons. The first kappa shape index (κ1) is 24.1. The van der Waals surface area contributed by atoms with Crippen molar-refractivity contribution in [3.8, 4) is 0 Å². The Bertz CT molecular complexity index is 1150. The van der Waals surface area contributed by atoms with Crippen molar-refractivity contribution in [1.29, 1.82) is 0 Å². The predicted octanol–water partition coefficient (Wildman–Crippen LogP) is 3.22. The van der Waals surface area contributed by atoms with Crippen molar-refractivity contribution in [2.45, 2.75) is 56.6 Å². The summed E-state index contributed by atoms with van der Waals surface area (Å²) in [6, 6.07) is 4.68. The van der Waals surface area contributed by atoms with Gasteiger partial charge in [-0.15, -0.1) is 0 Å². The predicted molar refractivity (Wildman–Crippen MR) is 126 cm³/mol. The van der Waals surface area contributed by atoms with E-state index in [2.05, 4.69) is 18.8 Å². The van der Waals surface area contributed by atoms with Crippen molar-refractivity contribution in [3.63, 3.8) is 0 Å². The molecule has 0 aliphatic carbocycles. The number of rotatable bonds is 7. The van der Waals surface area contributed by atoms with Crippen molar-refractivity contribution < 1.29 is 13.2 Å². The average molecular weight is 486 g/mol. The van der Waals surface area contributed by atoms with E-state index >= 15 is 0 Å². The van der Waals surface area contributed by atoms with E-state index in [0.29, 0.717) is 40.0 Å². The van der Waals surface area contributed by atoms with Gasteiger partial charge in [-0.2, -0.15) is 0 Å². The smallest absolute Gasteiger partial charge is 0.262 e. The number of benzene rings is 1. The molecule has 7 nitrogen and oxygen atoms in total. The third-order valence-corrected chi connectivity index (χ3v) is 8.61. The minimum absolute atomic E-state index is 0.00154. The van der Waals surface area contributed by atoms with Crippen LogP contribution < -0.4 is 5.56 Å². The minimum Gasteiger partial charge on any atom is -0.341 e. The lowest BCUT2D eigenvalue weighted by Gasteiger charge is -2.26. The fourth-order valence-corrected chi connectivity index (χ4v) is 6.58. The van der Waals surface area contributed by atoms with Gasteiger partial charge in [-0.25, -0.2) is 13.4 Å². The molecule has 1 aromatic heterocycles. The van der Waals surface area contributed by atoms with Crippen molar-refractivity contribution in [2.24, 2.45) is 5.92 Å². The van der Waals surface area contributed by atoms with Gasteiger partial charge >= 0.3 is 0 Å². The molecule has 1 aliphatic rings. The molecule has 1 aliphatic heterocycles. The van der Waals surface area contributed by atoms with Crippen LogP contribution in [0.25, 0.3) is 10.9 Å². The molecule has 2 aromatic rings. The normalized spacial score (nSPS) is 19.1. The Labute approximate surface area is 192 Å². The maximum absolute atomic E-state index is 13.1. The van der Waals surface area contributed by atoms with Gasteiger partial charge in [0.05, 0.1) is 27.7 Å². The molecule has 10 heteroatoms. The molecular weight excluding hydrogens is 458 g/mol. The summed E-state index contributed by atoms with van der Waals surface area (Å²) in [6.07, 6.45) is 1.25. The third-order valence-electron chi connectivity index (χ3n) is 5.55. The van der Waals surface area contributed by atoms with E-state index in [1.165, 1.54) is 16.7 Å². The third kappa shape index (κ3) is 5.62. The Morgan fingerprint density at radius 2 is 2.06 bits per heavy atom. The molecule has 31 heavy (non-hydrogen) atoms. The van der Waals surface area contributed by atoms with Crippen LogP contribution in [0.2, 0.25) is 5.02 Å². The van der Waals surface area contributed by atoms with Gasteiger partial charge in [0.1, 0.15) is 0 Å². The molecule has 1 aromatic carbocycles. The number of carbonyl (C=O) groups excluding carboxylic acids is 1. The van der Waals surface area contributed by atoms with Crippen LogP contribution >= 0.6 is 23.4 Å². The quantitative estimate of drug-likeness (QED) is 0.442. The molecule has 0 saturated carbocycles. The fourth-order valence-electron chi connectivity index (χ4n) is 3.60. The second-order valence-electron chi connectivity index (χ2n) is 8.46. The van der Waals surface area contributed by atoms with E-state index in [4.69, 9.17) is 11.6 Å². The van der Waals surface area contributed by atoms with Crippen LogP contribution in [0, 0.1) is 5.92 Å². The first-order valence-electron chi connectivity index (χ1n) is 10.3. The molecule has 1 amide bonds. The minimum atomic E-state index is -3.09. The summed E-state index contributed by atoms with van der Waals surface area (Å²) in [7, 11) is -1.44. The largest absolute Gasteiger partial charge is 0.341 e. The summed E-state index contributed by atoms with van der Waals surface area (Å²) >= 11 is 7.31. The number of sulfone groups is 1. The molecule has 2 atom stereocenters. The second kappa shape index (κ2) is 9.50. The number of thioether (sulfide) groups is 1. The van der Waals surface area contributed by atoms with Crippen LogP contribution in [-0.4, -0.2) is 58.6 Å². The highest BCUT2D eigenvalue weighted by atomic mass is 35.5. The summed E-state index contributed by atoms with van der Waals surface area (Å²) in [6.45, 7) is 6.43. The first-order chi connectivity index (χ1) is 14.5. The molecule has 2 unspecified atom stereocenters. The Kier molecular flexibility index (Phi) is 7.38.